The van der Waals surface area contributed by atoms with Gasteiger partial charge in [0.1, 0.15) is 42.2 Å². The van der Waals surface area contributed by atoms with Crippen molar-refractivity contribution in [3.63, 3.8) is 0 Å². The first kappa shape index (κ1) is 23.3. The van der Waals surface area contributed by atoms with Crippen LogP contribution in [0.2, 0.25) is 5.02 Å². The zero-order chi connectivity index (χ0) is 24.2. The van der Waals surface area contributed by atoms with Gasteiger partial charge in [0.2, 0.25) is 0 Å². The minimum Gasteiger partial charge on any atom is -0.489 e. The van der Waals surface area contributed by atoms with Crippen molar-refractivity contribution in [2.24, 2.45) is 0 Å². The van der Waals surface area contributed by atoms with E-state index in [-0.39, 0.29) is 29.2 Å². The van der Waals surface area contributed by atoms with Crippen molar-refractivity contribution in [1.82, 2.24) is 19.9 Å². The number of halogens is 2. The number of fused-ring (bicyclic) bond motifs is 1. The summed E-state index contributed by atoms with van der Waals surface area (Å²) in [6.07, 6.45) is 5.09. The Balaban J connectivity index is 1.39. The van der Waals surface area contributed by atoms with Crippen LogP contribution >= 0.6 is 11.6 Å². The van der Waals surface area contributed by atoms with Crippen LogP contribution in [0.25, 0.3) is 10.9 Å². The van der Waals surface area contributed by atoms with Crippen LogP contribution < -0.4 is 14.8 Å². The molecule has 1 aliphatic rings. The van der Waals surface area contributed by atoms with Crippen molar-refractivity contribution in [2.75, 3.05) is 25.5 Å². The Kier molecular flexibility index (Phi) is 6.92. The normalized spacial score (nSPS) is 14.7. The molecule has 180 valence electrons. The summed E-state index contributed by atoms with van der Waals surface area (Å²) in [7, 11) is 2.11. The van der Waals surface area contributed by atoms with Gasteiger partial charge in [-0.15, -0.1) is 0 Å². The molecule has 0 unspecified atom stereocenters. The van der Waals surface area contributed by atoms with Crippen LogP contribution in [0.15, 0.2) is 61.1 Å². The first-order valence-corrected chi connectivity index (χ1v) is 11.8. The summed E-state index contributed by atoms with van der Waals surface area (Å²) in [6.45, 7) is 2.14. The molecule has 0 atom stereocenters. The highest BCUT2D eigenvalue weighted by Crippen LogP contribution is 2.36. The molecule has 0 aliphatic carbocycles. The number of pyridine rings is 1. The molecule has 3 heterocycles. The lowest BCUT2D eigenvalue weighted by molar-refractivity contribution is 0.116. The second-order valence-corrected chi connectivity index (χ2v) is 8.90. The number of aromatic nitrogens is 3. The number of ether oxygens (including phenoxy) is 2. The lowest BCUT2D eigenvalue weighted by Crippen LogP contribution is -2.35. The maximum atomic E-state index is 15.1. The minimum absolute atomic E-state index is 0.103. The first-order chi connectivity index (χ1) is 17.1. The molecule has 1 fully saturated rings. The highest BCUT2D eigenvalue weighted by atomic mass is 35.5. The number of hydrogen-bond acceptors (Lipinski definition) is 7. The number of likely N-dealkylation sites (tertiary alicyclic amines) is 1. The van der Waals surface area contributed by atoms with E-state index < -0.39 is 5.82 Å². The van der Waals surface area contributed by atoms with E-state index in [0.29, 0.717) is 22.5 Å². The molecule has 4 aromatic rings. The molecule has 0 amide bonds. The van der Waals surface area contributed by atoms with Crippen LogP contribution in [-0.2, 0) is 6.61 Å². The van der Waals surface area contributed by atoms with Crippen molar-refractivity contribution in [3.8, 4) is 11.5 Å². The van der Waals surface area contributed by atoms with Gasteiger partial charge >= 0.3 is 0 Å². The predicted molar refractivity (Wildman–Crippen MR) is 134 cm³/mol. The summed E-state index contributed by atoms with van der Waals surface area (Å²) >= 11 is 6.41. The van der Waals surface area contributed by atoms with Crippen LogP contribution in [0.1, 0.15) is 18.5 Å². The van der Waals surface area contributed by atoms with Crippen LogP contribution in [0.4, 0.5) is 15.9 Å². The largest absolute Gasteiger partial charge is 0.489 e. The quantitative estimate of drug-likeness (QED) is 0.358. The Morgan fingerprint density at radius 3 is 2.71 bits per heavy atom. The second kappa shape index (κ2) is 10.4. The fraction of sp³-hybridized carbons (Fsp3) is 0.269. The molecule has 0 bridgehead atoms. The summed E-state index contributed by atoms with van der Waals surface area (Å²) in [4.78, 5) is 15.2. The number of benzene rings is 2. The van der Waals surface area contributed by atoms with E-state index in [1.807, 2.05) is 36.4 Å². The van der Waals surface area contributed by atoms with Crippen molar-refractivity contribution in [2.45, 2.75) is 25.6 Å². The number of anilines is 2. The maximum absolute atomic E-state index is 15.1. The number of rotatable bonds is 7. The molecule has 0 spiro atoms. The van der Waals surface area contributed by atoms with Crippen LogP contribution in [0.5, 0.6) is 11.5 Å². The third kappa shape index (κ3) is 5.44. The van der Waals surface area contributed by atoms with E-state index in [4.69, 9.17) is 21.1 Å². The number of nitrogens with zero attached hydrogens (tertiary/aromatic N) is 4. The standard InChI is InChI=1S/C26H25ClFN5O2/c1-33-11-8-18(9-12-33)35-23-7-4-6-21-25(23)26(31-16-30-21)32-22-13-19(27)24(14-20(22)28)34-15-17-5-2-3-10-29-17/h2-7,10,13-14,16,18H,8-9,11-12,15H2,1H3,(H,30,31,32). The zero-order valence-electron chi connectivity index (χ0n) is 19.2. The lowest BCUT2D eigenvalue weighted by atomic mass is 10.1. The molecule has 0 radical (unpaired) electrons. The summed E-state index contributed by atoms with van der Waals surface area (Å²) in [5, 5.41) is 4.04. The fourth-order valence-electron chi connectivity index (χ4n) is 4.05. The molecule has 9 heteroatoms. The molecule has 1 saturated heterocycles. The number of piperidine rings is 1. The molecule has 0 saturated carbocycles. The number of nitrogens with one attached hydrogen (secondary N) is 1. The highest BCUT2D eigenvalue weighted by Gasteiger charge is 2.21. The highest BCUT2D eigenvalue weighted by molar-refractivity contribution is 6.32. The van der Waals surface area contributed by atoms with Gasteiger partial charge in [-0.3, -0.25) is 4.98 Å². The molecular weight excluding hydrogens is 469 g/mol. The van der Waals surface area contributed by atoms with Crippen molar-refractivity contribution in [1.29, 1.82) is 0 Å². The summed E-state index contributed by atoms with van der Waals surface area (Å²) in [5.41, 5.74) is 1.60. The smallest absolute Gasteiger partial charge is 0.150 e. The van der Waals surface area contributed by atoms with Gasteiger partial charge in [-0.05, 0) is 50.2 Å². The van der Waals surface area contributed by atoms with Gasteiger partial charge in [-0.25, -0.2) is 14.4 Å². The zero-order valence-corrected chi connectivity index (χ0v) is 20.0. The third-order valence-corrected chi connectivity index (χ3v) is 6.26. The Morgan fingerprint density at radius 2 is 1.91 bits per heavy atom. The van der Waals surface area contributed by atoms with Crippen LogP contribution in [0, 0.1) is 5.82 Å². The van der Waals surface area contributed by atoms with Gasteiger partial charge in [0.05, 0.1) is 27.3 Å². The van der Waals surface area contributed by atoms with E-state index in [0.717, 1.165) is 31.6 Å². The molecule has 7 nitrogen and oxygen atoms in total. The average molecular weight is 494 g/mol. The van der Waals surface area contributed by atoms with Gasteiger partial charge in [0.15, 0.2) is 0 Å². The average Bonchev–Trinajstić information content (AvgIpc) is 2.87. The topological polar surface area (TPSA) is 72.4 Å². The summed E-state index contributed by atoms with van der Waals surface area (Å²) in [6, 6.07) is 13.9. The van der Waals surface area contributed by atoms with Crippen molar-refractivity contribution < 1.29 is 13.9 Å². The lowest BCUT2D eigenvalue weighted by Gasteiger charge is -2.29. The molecule has 1 aliphatic heterocycles. The monoisotopic (exact) mass is 493 g/mol. The van der Waals surface area contributed by atoms with Crippen molar-refractivity contribution >= 4 is 34.0 Å². The van der Waals surface area contributed by atoms with E-state index in [1.165, 1.54) is 18.5 Å². The van der Waals surface area contributed by atoms with Crippen LogP contribution in [0.3, 0.4) is 0 Å². The summed E-state index contributed by atoms with van der Waals surface area (Å²) < 4.78 is 27.1. The van der Waals surface area contributed by atoms with E-state index in [2.05, 4.69) is 32.2 Å². The molecule has 5 rings (SSSR count). The van der Waals surface area contributed by atoms with Gasteiger partial charge in [0, 0.05) is 25.4 Å². The molecule has 35 heavy (non-hydrogen) atoms. The van der Waals surface area contributed by atoms with Crippen LogP contribution in [-0.4, -0.2) is 46.1 Å². The Bertz CT molecular complexity index is 1310. The molecule has 2 aromatic carbocycles. The molecular formula is C26H25ClFN5O2. The molecule has 1 N–H and O–H groups in total. The fourth-order valence-corrected chi connectivity index (χ4v) is 4.27. The van der Waals surface area contributed by atoms with Gasteiger partial charge in [0.25, 0.3) is 0 Å². The number of hydrogen-bond donors (Lipinski definition) is 1. The van der Waals surface area contributed by atoms with Crippen molar-refractivity contribution in [3.05, 3.63) is 77.6 Å². The Morgan fingerprint density at radius 1 is 1.06 bits per heavy atom. The first-order valence-electron chi connectivity index (χ1n) is 11.4. The SMILES string of the molecule is CN1CCC(Oc2cccc3ncnc(Nc4cc(Cl)c(OCc5ccccn5)cc4F)c23)CC1. The van der Waals surface area contributed by atoms with E-state index >= 15 is 4.39 Å². The van der Waals surface area contributed by atoms with E-state index in [1.54, 1.807) is 6.20 Å². The third-order valence-electron chi connectivity index (χ3n) is 5.96. The maximum Gasteiger partial charge on any atom is 0.150 e. The minimum atomic E-state index is -0.522. The van der Waals surface area contributed by atoms with Gasteiger partial charge < -0.3 is 19.7 Å². The Hall–Kier alpha value is -3.49. The predicted octanol–water partition coefficient (Wildman–Crippen LogP) is 5.61. The van der Waals surface area contributed by atoms with E-state index in [9.17, 15) is 0 Å². The second-order valence-electron chi connectivity index (χ2n) is 8.49. The van der Waals surface area contributed by atoms with Gasteiger partial charge in [-0.1, -0.05) is 23.7 Å². The Labute approximate surface area is 207 Å². The van der Waals surface area contributed by atoms with Gasteiger partial charge in [-0.2, -0.15) is 0 Å². The summed E-state index contributed by atoms with van der Waals surface area (Å²) in [5.74, 6) is 0.822. The molecule has 2 aromatic heterocycles.